The maximum absolute atomic E-state index is 12.5. The van der Waals surface area contributed by atoms with Crippen molar-refractivity contribution in [2.75, 3.05) is 24.2 Å². The highest BCUT2D eigenvalue weighted by atomic mass is 32.2. The smallest absolute Gasteiger partial charge is 0.274 e. The first-order valence-corrected chi connectivity index (χ1v) is 9.00. The van der Waals surface area contributed by atoms with E-state index in [9.17, 15) is 14.4 Å². The fourth-order valence-electron chi connectivity index (χ4n) is 2.27. The van der Waals surface area contributed by atoms with Gasteiger partial charge in [-0.2, -0.15) is 0 Å². The van der Waals surface area contributed by atoms with E-state index in [4.69, 9.17) is 0 Å². The Bertz CT molecular complexity index is 857. The van der Waals surface area contributed by atoms with E-state index in [-0.39, 0.29) is 28.8 Å². The van der Waals surface area contributed by atoms with Gasteiger partial charge in [0.25, 0.3) is 11.5 Å². The molecule has 0 unspecified atom stereocenters. The number of thioether (sulfide) groups is 1. The van der Waals surface area contributed by atoms with E-state index in [1.54, 1.807) is 11.9 Å². The summed E-state index contributed by atoms with van der Waals surface area (Å²) < 4.78 is 2.73. The van der Waals surface area contributed by atoms with E-state index in [1.165, 1.54) is 28.6 Å². The molecular formula is C15H21N7O3S. The standard InChI is InChI=1S/C15H21N7O3S/c1-5-22(6-2)13(24)10-7-11(14(25)20(3)8-10)16-12(23)9-26-15-17-18-19-21(15)4/h7-8H,5-6,9H2,1-4H3,(H,16,23). The van der Waals surface area contributed by atoms with Crippen molar-refractivity contribution in [1.29, 1.82) is 0 Å². The van der Waals surface area contributed by atoms with E-state index in [1.807, 2.05) is 13.8 Å². The quantitative estimate of drug-likeness (QED) is 0.680. The molecule has 0 atom stereocenters. The SMILES string of the molecule is CCN(CC)C(=O)c1cc(NC(=O)CSc2nnnn2C)c(=O)n(C)c1. The minimum absolute atomic E-state index is 0.0333. The Labute approximate surface area is 154 Å². The van der Waals surface area contributed by atoms with Crippen LogP contribution >= 0.6 is 11.8 Å². The molecule has 0 aliphatic heterocycles. The predicted molar refractivity (Wildman–Crippen MR) is 97.1 cm³/mol. The number of hydrogen-bond acceptors (Lipinski definition) is 7. The summed E-state index contributed by atoms with van der Waals surface area (Å²) in [5, 5.41) is 14.0. The number of hydrogen-bond donors (Lipinski definition) is 1. The third-order valence-electron chi connectivity index (χ3n) is 3.67. The summed E-state index contributed by atoms with van der Waals surface area (Å²) in [6.07, 6.45) is 1.47. The molecule has 0 aliphatic rings. The molecule has 0 bridgehead atoms. The van der Waals surface area contributed by atoms with Gasteiger partial charge in [-0.15, -0.1) is 5.10 Å². The van der Waals surface area contributed by atoms with E-state index < -0.39 is 0 Å². The summed E-state index contributed by atoms with van der Waals surface area (Å²) in [6.45, 7) is 4.87. The number of nitrogens with one attached hydrogen (secondary N) is 1. The summed E-state index contributed by atoms with van der Waals surface area (Å²) in [6, 6.07) is 1.41. The van der Waals surface area contributed by atoms with Crippen LogP contribution in [0.3, 0.4) is 0 Å². The number of amides is 2. The molecule has 0 radical (unpaired) electrons. The van der Waals surface area contributed by atoms with Crippen molar-refractivity contribution in [1.82, 2.24) is 29.7 Å². The van der Waals surface area contributed by atoms with Gasteiger partial charge in [0.15, 0.2) is 0 Å². The van der Waals surface area contributed by atoms with Gasteiger partial charge in [0.1, 0.15) is 5.69 Å². The van der Waals surface area contributed by atoms with Gasteiger partial charge in [0, 0.05) is 33.4 Å². The van der Waals surface area contributed by atoms with Crippen molar-refractivity contribution in [2.45, 2.75) is 19.0 Å². The summed E-state index contributed by atoms with van der Waals surface area (Å²) in [5.74, 6) is -0.547. The number of aromatic nitrogens is 5. The van der Waals surface area contributed by atoms with E-state index >= 15 is 0 Å². The van der Waals surface area contributed by atoms with Gasteiger partial charge >= 0.3 is 0 Å². The Hall–Kier alpha value is -2.69. The zero-order valence-corrected chi connectivity index (χ0v) is 15.9. The van der Waals surface area contributed by atoms with Crippen molar-refractivity contribution >= 4 is 29.3 Å². The number of carbonyl (C=O) groups is 2. The summed E-state index contributed by atoms with van der Waals surface area (Å²) in [4.78, 5) is 38.5. The zero-order chi connectivity index (χ0) is 19.3. The number of pyridine rings is 1. The number of aryl methyl sites for hydroxylation is 2. The number of carbonyl (C=O) groups excluding carboxylic acids is 2. The Morgan fingerprint density at radius 1 is 1.27 bits per heavy atom. The van der Waals surface area contributed by atoms with Crippen LogP contribution in [0.15, 0.2) is 22.2 Å². The predicted octanol–water partition coefficient (Wildman–Crippen LogP) is 0.122. The Balaban J connectivity index is 2.15. The Morgan fingerprint density at radius 3 is 2.54 bits per heavy atom. The molecule has 10 nitrogen and oxygen atoms in total. The topological polar surface area (TPSA) is 115 Å². The van der Waals surface area contributed by atoms with Gasteiger partial charge in [0.2, 0.25) is 11.1 Å². The molecule has 2 rings (SSSR count). The van der Waals surface area contributed by atoms with Crippen LogP contribution in [0.2, 0.25) is 0 Å². The lowest BCUT2D eigenvalue weighted by atomic mass is 10.2. The molecule has 2 heterocycles. The highest BCUT2D eigenvalue weighted by Crippen LogP contribution is 2.13. The monoisotopic (exact) mass is 379 g/mol. The van der Waals surface area contributed by atoms with E-state index in [2.05, 4.69) is 20.8 Å². The molecule has 2 amide bonds. The average molecular weight is 379 g/mol. The van der Waals surface area contributed by atoms with E-state index in [0.717, 1.165) is 11.8 Å². The van der Waals surface area contributed by atoms with Crippen LogP contribution < -0.4 is 10.9 Å². The molecule has 2 aromatic heterocycles. The lowest BCUT2D eigenvalue weighted by Gasteiger charge is -2.19. The average Bonchev–Trinajstić information content (AvgIpc) is 3.02. The van der Waals surface area contributed by atoms with Gasteiger partial charge in [0.05, 0.1) is 11.3 Å². The second-order valence-corrected chi connectivity index (χ2v) is 6.40. The van der Waals surface area contributed by atoms with Crippen LogP contribution in [-0.4, -0.2) is 60.3 Å². The number of rotatable bonds is 7. The molecule has 0 saturated heterocycles. The molecule has 0 saturated carbocycles. The molecular weight excluding hydrogens is 358 g/mol. The van der Waals surface area contributed by atoms with Gasteiger partial charge in [-0.05, 0) is 30.3 Å². The minimum atomic E-state index is -0.389. The summed E-state index contributed by atoms with van der Waals surface area (Å²) in [5.41, 5.74) is 0.0169. The fraction of sp³-hybridized carbons (Fsp3) is 0.467. The molecule has 1 N–H and O–H groups in total. The zero-order valence-electron chi connectivity index (χ0n) is 15.1. The maximum Gasteiger partial charge on any atom is 0.274 e. The van der Waals surface area contributed by atoms with Crippen molar-refractivity contribution in [2.24, 2.45) is 14.1 Å². The molecule has 0 aromatic carbocycles. The van der Waals surface area contributed by atoms with Crippen LogP contribution in [0, 0.1) is 0 Å². The first-order valence-electron chi connectivity index (χ1n) is 8.02. The second-order valence-electron chi connectivity index (χ2n) is 5.46. The minimum Gasteiger partial charge on any atom is -0.339 e. The van der Waals surface area contributed by atoms with Crippen LogP contribution in [-0.2, 0) is 18.9 Å². The summed E-state index contributed by atoms with van der Waals surface area (Å²) >= 11 is 1.14. The number of anilines is 1. The highest BCUT2D eigenvalue weighted by molar-refractivity contribution is 7.99. The van der Waals surface area contributed by atoms with Crippen molar-refractivity contribution < 1.29 is 9.59 Å². The van der Waals surface area contributed by atoms with Gasteiger partial charge in [-0.1, -0.05) is 11.8 Å². The normalized spacial score (nSPS) is 10.6. The largest absolute Gasteiger partial charge is 0.339 e. The lowest BCUT2D eigenvalue weighted by molar-refractivity contribution is -0.113. The van der Waals surface area contributed by atoms with E-state index in [0.29, 0.717) is 23.8 Å². The highest BCUT2D eigenvalue weighted by Gasteiger charge is 2.17. The molecule has 0 fully saturated rings. The molecule has 0 aliphatic carbocycles. The van der Waals surface area contributed by atoms with Gasteiger partial charge in [-0.25, -0.2) is 4.68 Å². The second kappa shape index (κ2) is 8.61. The Kier molecular flexibility index (Phi) is 6.50. The molecule has 140 valence electrons. The Morgan fingerprint density at radius 2 is 1.96 bits per heavy atom. The lowest BCUT2D eigenvalue weighted by Crippen LogP contribution is -2.32. The van der Waals surface area contributed by atoms with Crippen LogP contribution in [0.25, 0.3) is 0 Å². The fourth-order valence-corrected chi connectivity index (χ4v) is 2.92. The number of nitrogens with zero attached hydrogens (tertiary/aromatic N) is 6. The third kappa shape index (κ3) is 4.48. The van der Waals surface area contributed by atoms with Crippen molar-refractivity contribution in [3.05, 3.63) is 28.2 Å². The molecule has 0 spiro atoms. The number of tetrazole rings is 1. The first-order chi connectivity index (χ1) is 12.4. The van der Waals surface area contributed by atoms with Crippen molar-refractivity contribution in [3.8, 4) is 0 Å². The summed E-state index contributed by atoms with van der Waals surface area (Å²) in [7, 11) is 3.20. The maximum atomic E-state index is 12.5. The first kappa shape index (κ1) is 19.6. The van der Waals surface area contributed by atoms with Crippen LogP contribution in [0.1, 0.15) is 24.2 Å². The third-order valence-corrected chi connectivity index (χ3v) is 4.68. The molecule has 2 aromatic rings. The van der Waals surface area contributed by atoms with Gasteiger partial charge < -0.3 is 14.8 Å². The molecule has 26 heavy (non-hydrogen) atoms. The van der Waals surface area contributed by atoms with Crippen molar-refractivity contribution in [3.63, 3.8) is 0 Å². The van der Waals surface area contributed by atoms with Crippen LogP contribution in [0.5, 0.6) is 0 Å². The molecule has 11 heteroatoms. The van der Waals surface area contributed by atoms with Gasteiger partial charge in [-0.3, -0.25) is 14.4 Å². The van der Waals surface area contributed by atoms with Crippen LogP contribution in [0.4, 0.5) is 5.69 Å².